The van der Waals surface area contributed by atoms with Gasteiger partial charge < -0.3 is 9.84 Å². The first-order valence-corrected chi connectivity index (χ1v) is 8.09. The molecule has 1 saturated heterocycles. The fraction of sp³-hybridized carbons (Fsp3) is 0.364. The van der Waals surface area contributed by atoms with Crippen LogP contribution in [-0.2, 0) is 14.9 Å². The van der Waals surface area contributed by atoms with Crippen LogP contribution in [0.1, 0.15) is 10.4 Å². The molecule has 0 atom stereocenters. The maximum Gasteiger partial charge on any atom is 0.339 e. The average molecular weight is 355 g/mol. The predicted octanol–water partition coefficient (Wildman–Crippen LogP) is 1.68. The number of carboxylic acids is 1. The van der Waals surface area contributed by atoms with E-state index in [1.807, 2.05) is 0 Å². The Kier molecular flexibility index (Phi) is 4.95. The van der Waals surface area contributed by atoms with Gasteiger partial charge in [-0.3, -0.25) is 4.72 Å². The second-order valence-electron chi connectivity index (χ2n) is 4.20. The van der Waals surface area contributed by atoms with Crippen molar-refractivity contribution in [2.75, 3.05) is 31.0 Å². The van der Waals surface area contributed by atoms with Crippen LogP contribution in [0.4, 0.5) is 5.69 Å². The zero-order valence-corrected chi connectivity index (χ0v) is 13.0. The monoisotopic (exact) mass is 354 g/mol. The lowest BCUT2D eigenvalue weighted by atomic mass is 10.2. The number of anilines is 1. The minimum Gasteiger partial charge on any atom is -0.478 e. The summed E-state index contributed by atoms with van der Waals surface area (Å²) < 4.78 is 32.9. The summed E-state index contributed by atoms with van der Waals surface area (Å²) in [5.74, 6) is -1.37. The number of carboxylic acid groups (broad SMARTS) is 1. The lowest BCUT2D eigenvalue weighted by Crippen LogP contribution is -2.43. The van der Waals surface area contributed by atoms with Crippen molar-refractivity contribution in [3.05, 3.63) is 27.7 Å². The Morgan fingerprint density at radius 1 is 1.24 bits per heavy atom. The zero-order chi connectivity index (χ0) is 15.6. The van der Waals surface area contributed by atoms with E-state index in [2.05, 4.69) is 4.72 Å². The van der Waals surface area contributed by atoms with Gasteiger partial charge in [-0.15, -0.1) is 0 Å². The van der Waals surface area contributed by atoms with Crippen molar-refractivity contribution in [1.82, 2.24) is 4.31 Å². The molecule has 2 rings (SSSR count). The van der Waals surface area contributed by atoms with Crippen LogP contribution in [0.5, 0.6) is 0 Å². The Balaban J connectivity index is 2.38. The molecule has 0 spiro atoms. The van der Waals surface area contributed by atoms with E-state index in [1.54, 1.807) is 0 Å². The minimum absolute atomic E-state index is 0.0476. The first-order valence-electron chi connectivity index (χ1n) is 5.90. The zero-order valence-electron chi connectivity index (χ0n) is 10.7. The molecular weight excluding hydrogens is 343 g/mol. The van der Waals surface area contributed by atoms with E-state index in [4.69, 9.17) is 33.0 Å². The molecule has 1 aliphatic heterocycles. The van der Waals surface area contributed by atoms with E-state index in [0.29, 0.717) is 0 Å². The van der Waals surface area contributed by atoms with Crippen LogP contribution in [0, 0.1) is 0 Å². The fourth-order valence-electron chi connectivity index (χ4n) is 1.84. The van der Waals surface area contributed by atoms with Crippen molar-refractivity contribution in [3.63, 3.8) is 0 Å². The second kappa shape index (κ2) is 6.37. The molecule has 0 aromatic heterocycles. The third kappa shape index (κ3) is 3.58. The minimum atomic E-state index is -3.93. The first kappa shape index (κ1) is 16.3. The number of hydrogen-bond donors (Lipinski definition) is 2. The summed E-state index contributed by atoms with van der Waals surface area (Å²) >= 11 is 11.7. The Hall–Kier alpha value is -1.06. The van der Waals surface area contributed by atoms with Gasteiger partial charge in [-0.25, -0.2) is 4.79 Å². The van der Waals surface area contributed by atoms with Gasteiger partial charge in [0.15, 0.2) is 0 Å². The molecule has 0 unspecified atom stereocenters. The van der Waals surface area contributed by atoms with Gasteiger partial charge in [-0.2, -0.15) is 12.7 Å². The fourth-order valence-corrected chi connectivity index (χ4v) is 3.57. The normalized spacial score (nSPS) is 16.7. The second-order valence-corrected chi connectivity index (χ2v) is 6.69. The predicted molar refractivity (Wildman–Crippen MR) is 78.4 cm³/mol. The molecule has 0 radical (unpaired) electrons. The lowest BCUT2D eigenvalue weighted by molar-refractivity contribution is 0.0697. The number of hydrogen-bond acceptors (Lipinski definition) is 4. The van der Waals surface area contributed by atoms with E-state index in [1.165, 1.54) is 12.1 Å². The summed E-state index contributed by atoms with van der Waals surface area (Å²) in [5.41, 5.74) is -0.635. The van der Waals surface area contributed by atoms with Crippen molar-refractivity contribution < 1.29 is 23.1 Å². The third-order valence-corrected chi connectivity index (χ3v) is 5.00. The Morgan fingerprint density at radius 3 is 2.38 bits per heavy atom. The molecule has 1 heterocycles. The SMILES string of the molecule is O=C(O)c1c(Cl)ccc(Cl)c1NS(=O)(=O)N1CCOCC1. The molecule has 10 heteroatoms. The van der Waals surface area contributed by atoms with Gasteiger partial charge in [-0.05, 0) is 12.1 Å². The molecule has 1 aromatic rings. The largest absolute Gasteiger partial charge is 0.478 e. The number of aromatic carboxylic acids is 1. The first-order chi connectivity index (χ1) is 9.83. The van der Waals surface area contributed by atoms with Gasteiger partial charge in [0.25, 0.3) is 0 Å². The third-order valence-electron chi connectivity index (χ3n) is 2.86. The smallest absolute Gasteiger partial charge is 0.339 e. The molecule has 0 amide bonds. The van der Waals surface area contributed by atoms with E-state index in [-0.39, 0.29) is 47.6 Å². The topological polar surface area (TPSA) is 95.9 Å². The van der Waals surface area contributed by atoms with Gasteiger partial charge in [0.05, 0.1) is 28.9 Å². The summed E-state index contributed by atoms with van der Waals surface area (Å²) in [6, 6.07) is 2.62. The van der Waals surface area contributed by atoms with Crippen LogP contribution in [0.25, 0.3) is 0 Å². The van der Waals surface area contributed by atoms with Gasteiger partial charge in [0, 0.05) is 13.1 Å². The summed E-state index contributed by atoms with van der Waals surface area (Å²) in [4.78, 5) is 11.2. The van der Waals surface area contributed by atoms with E-state index in [0.717, 1.165) is 4.31 Å². The lowest BCUT2D eigenvalue weighted by Gasteiger charge is -2.27. The van der Waals surface area contributed by atoms with Gasteiger partial charge in [-0.1, -0.05) is 23.2 Å². The van der Waals surface area contributed by atoms with Gasteiger partial charge >= 0.3 is 16.2 Å². The molecular formula is C11H12Cl2N2O5S. The number of nitrogens with zero attached hydrogens (tertiary/aromatic N) is 1. The highest BCUT2D eigenvalue weighted by molar-refractivity contribution is 7.90. The van der Waals surface area contributed by atoms with Crippen LogP contribution < -0.4 is 4.72 Å². The summed E-state index contributed by atoms with van der Waals surface area (Å²) in [6.07, 6.45) is 0. The molecule has 116 valence electrons. The summed E-state index contributed by atoms with van der Waals surface area (Å²) in [6.45, 7) is 0.901. The average Bonchev–Trinajstić information content (AvgIpc) is 2.43. The molecule has 21 heavy (non-hydrogen) atoms. The highest BCUT2D eigenvalue weighted by atomic mass is 35.5. The van der Waals surface area contributed by atoms with Gasteiger partial charge in [0.1, 0.15) is 5.56 Å². The Morgan fingerprint density at radius 2 is 1.81 bits per heavy atom. The molecule has 1 fully saturated rings. The van der Waals surface area contributed by atoms with Gasteiger partial charge in [0.2, 0.25) is 0 Å². The molecule has 0 aliphatic carbocycles. The maximum absolute atomic E-state index is 12.3. The van der Waals surface area contributed by atoms with E-state index in [9.17, 15) is 13.2 Å². The molecule has 7 nitrogen and oxygen atoms in total. The number of nitrogens with one attached hydrogen (secondary N) is 1. The Labute approximate surface area is 131 Å². The number of carbonyl (C=O) groups is 1. The number of morpholine rings is 1. The van der Waals surface area contributed by atoms with Crippen LogP contribution >= 0.6 is 23.2 Å². The molecule has 0 saturated carbocycles. The number of halogens is 2. The van der Waals surface area contributed by atoms with E-state index >= 15 is 0 Å². The Bertz CT molecular complexity index is 659. The van der Waals surface area contributed by atoms with Crippen LogP contribution in [0.2, 0.25) is 10.0 Å². The van der Waals surface area contributed by atoms with Crippen molar-refractivity contribution in [2.45, 2.75) is 0 Å². The summed E-state index contributed by atoms with van der Waals surface area (Å²) in [7, 11) is -3.93. The van der Waals surface area contributed by atoms with Crippen molar-refractivity contribution in [3.8, 4) is 0 Å². The molecule has 1 aromatic carbocycles. The van der Waals surface area contributed by atoms with Crippen molar-refractivity contribution >= 4 is 45.1 Å². The van der Waals surface area contributed by atoms with Crippen LogP contribution in [0.15, 0.2) is 12.1 Å². The quantitative estimate of drug-likeness (QED) is 0.857. The van der Waals surface area contributed by atoms with Crippen molar-refractivity contribution in [2.24, 2.45) is 0 Å². The maximum atomic E-state index is 12.3. The molecule has 2 N–H and O–H groups in total. The van der Waals surface area contributed by atoms with E-state index < -0.39 is 16.2 Å². The number of benzene rings is 1. The molecule has 0 bridgehead atoms. The number of rotatable bonds is 4. The number of ether oxygens (including phenoxy) is 1. The highest BCUT2D eigenvalue weighted by Gasteiger charge is 2.28. The summed E-state index contributed by atoms with van der Waals surface area (Å²) in [5, 5.41) is 9.01. The van der Waals surface area contributed by atoms with Crippen molar-refractivity contribution in [1.29, 1.82) is 0 Å². The standard InChI is InChI=1S/C11H12Cl2N2O5S/c12-7-1-2-8(13)10(9(7)11(16)17)14-21(18,19)15-3-5-20-6-4-15/h1-2,14H,3-6H2,(H,16,17). The van der Waals surface area contributed by atoms with Crippen LogP contribution in [-0.4, -0.2) is 50.1 Å². The highest BCUT2D eigenvalue weighted by Crippen LogP contribution is 2.33. The van der Waals surface area contributed by atoms with Crippen LogP contribution in [0.3, 0.4) is 0 Å². The molecule has 1 aliphatic rings.